The molecule has 2 N–H and O–H groups in total. The zero-order valence-electron chi connectivity index (χ0n) is 19.0. The van der Waals surface area contributed by atoms with Crippen molar-refractivity contribution in [1.29, 1.82) is 0 Å². The highest BCUT2D eigenvalue weighted by atomic mass is 35.5. The topological polar surface area (TPSA) is 66.4 Å². The first-order valence-corrected chi connectivity index (χ1v) is 12.8. The van der Waals surface area contributed by atoms with Gasteiger partial charge in [-0.2, -0.15) is 0 Å². The van der Waals surface area contributed by atoms with E-state index in [-0.39, 0.29) is 25.2 Å². The third-order valence-corrected chi connectivity index (χ3v) is 7.72. The highest BCUT2D eigenvalue weighted by molar-refractivity contribution is 7.99. The summed E-state index contributed by atoms with van der Waals surface area (Å²) in [5.74, 6) is -0.670. The van der Waals surface area contributed by atoms with Gasteiger partial charge in [-0.15, -0.1) is 11.8 Å². The maximum Gasteiger partial charge on any atom is 0.330 e. The average Bonchev–Trinajstić information content (AvgIpc) is 3.23. The van der Waals surface area contributed by atoms with Crippen LogP contribution in [0.2, 0.25) is 5.02 Å². The van der Waals surface area contributed by atoms with Crippen molar-refractivity contribution in [2.45, 2.75) is 29.7 Å². The van der Waals surface area contributed by atoms with Crippen LogP contribution in [-0.2, 0) is 22.4 Å². The summed E-state index contributed by atoms with van der Waals surface area (Å²) in [6.07, 6.45) is 0.795. The van der Waals surface area contributed by atoms with Crippen LogP contribution in [-0.4, -0.2) is 28.3 Å². The van der Waals surface area contributed by atoms with E-state index in [4.69, 9.17) is 11.6 Å². The van der Waals surface area contributed by atoms with E-state index < -0.39 is 11.5 Å². The largest absolute Gasteiger partial charge is 0.479 e. The van der Waals surface area contributed by atoms with Gasteiger partial charge in [-0.3, -0.25) is 4.79 Å². The molecular weight excluding hydrogens is 478 g/mol. The molecule has 1 aliphatic rings. The van der Waals surface area contributed by atoms with E-state index >= 15 is 0 Å². The minimum absolute atomic E-state index is 0.244. The number of carbonyl (C=O) groups is 2. The van der Waals surface area contributed by atoms with E-state index in [0.717, 1.165) is 32.5 Å². The molecule has 0 fully saturated rings. The molecule has 176 valence electrons. The minimum Gasteiger partial charge on any atom is -0.479 e. The van der Waals surface area contributed by atoms with Gasteiger partial charge in [-0.05, 0) is 57.3 Å². The highest BCUT2D eigenvalue weighted by Gasteiger charge is 2.45. The van der Waals surface area contributed by atoms with Gasteiger partial charge in [-0.1, -0.05) is 72.3 Å². The molecular formula is C29H24ClNO3S. The van der Waals surface area contributed by atoms with Gasteiger partial charge < -0.3 is 10.4 Å². The molecule has 1 unspecified atom stereocenters. The summed E-state index contributed by atoms with van der Waals surface area (Å²) in [6.45, 7) is 0. The van der Waals surface area contributed by atoms with Gasteiger partial charge in [0.1, 0.15) is 5.54 Å². The lowest BCUT2D eigenvalue weighted by Crippen LogP contribution is -2.55. The lowest BCUT2D eigenvalue weighted by atomic mass is 9.95. The van der Waals surface area contributed by atoms with Crippen LogP contribution in [0.5, 0.6) is 0 Å². The molecule has 0 heterocycles. The second-order valence-corrected chi connectivity index (χ2v) is 10.5. The van der Waals surface area contributed by atoms with Crippen LogP contribution in [0.25, 0.3) is 21.9 Å². The van der Waals surface area contributed by atoms with Crippen LogP contribution in [0.15, 0.2) is 89.8 Å². The SMILES string of the molecule is O=C(CCSc1ccc2ccccc2c1)NC1(C(=O)O)Cc2ccc(-c3ccc(Cl)cc3)cc2C1. The maximum atomic E-state index is 12.8. The smallest absolute Gasteiger partial charge is 0.330 e. The third kappa shape index (κ3) is 5.07. The summed E-state index contributed by atoms with van der Waals surface area (Å²) < 4.78 is 0. The Morgan fingerprint density at radius 1 is 0.857 bits per heavy atom. The van der Waals surface area contributed by atoms with Gasteiger partial charge in [0.15, 0.2) is 0 Å². The third-order valence-electron chi connectivity index (χ3n) is 6.48. The molecule has 35 heavy (non-hydrogen) atoms. The number of carbonyl (C=O) groups excluding carboxylic acids is 1. The van der Waals surface area contributed by atoms with Crippen molar-refractivity contribution in [3.63, 3.8) is 0 Å². The molecule has 6 heteroatoms. The van der Waals surface area contributed by atoms with Crippen molar-refractivity contribution in [1.82, 2.24) is 5.32 Å². The summed E-state index contributed by atoms with van der Waals surface area (Å²) in [7, 11) is 0. The number of thioether (sulfide) groups is 1. The number of benzene rings is 4. The highest BCUT2D eigenvalue weighted by Crippen LogP contribution is 2.34. The fraction of sp³-hybridized carbons (Fsp3) is 0.172. The predicted octanol–water partition coefficient (Wildman–Crippen LogP) is 6.38. The maximum absolute atomic E-state index is 12.8. The average molecular weight is 502 g/mol. The van der Waals surface area contributed by atoms with Gasteiger partial charge in [0.25, 0.3) is 0 Å². The number of hydrogen-bond donors (Lipinski definition) is 2. The summed E-state index contributed by atoms with van der Waals surface area (Å²) in [5.41, 5.74) is 2.60. The number of rotatable bonds is 7. The van der Waals surface area contributed by atoms with Crippen molar-refractivity contribution in [2.75, 3.05) is 5.75 Å². The Labute approximate surface area is 213 Å². The van der Waals surface area contributed by atoms with E-state index in [1.807, 2.05) is 54.6 Å². The molecule has 0 spiro atoms. The van der Waals surface area contributed by atoms with Crippen LogP contribution in [0, 0.1) is 0 Å². The first-order valence-electron chi connectivity index (χ1n) is 11.5. The number of nitrogens with one attached hydrogen (secondary N) is 1. The molecule has 0 saturated heterocycles. The molecule has 5 rings (SSSR count). The summed E-state index contributed by atoms with van der Waals surface area (Å²) >= 11 is 7.60. The fourth-order valence-electron chi connectivity index (χ4n) is 4.64. The quantitative estimate of drug-likeness (QED) is 0.288. The first kappa shape index (κ1) is 23.5. The van der Waals surface area contributed by atoms with Crippen LogP contribution < -0.4 is 5.32 Å². The van der Waals surface area contributed by atoms with Gasteiger partial charge >= 0.3 is 5.97 Å². The molecule has 4 aromatic carbocycles. The van der Waals surface area contributed by atoms with E-state index in [1.54, 1.807) is 11.8 Å². The number of carboxylic acid groups (broad SMARTS) is 1. The lowest BCUT2D eigenvalue weighted by Gasteiger charge is -2.25. The molecule has 0 bridgehead atoms. The summed E-state index contributed by atoms with van der Waals surface area (Å²) in [5, 5.41) is 15.9. The fourth-order valence-corrected chi connectivity index (χ4v) is 5.66. The normalized spacial score (nSPS) is 16.7. The van der Waals surface area contributed by atoms with Crippen LogP contribution in [0.4, 0.5) is 0 Å². The molecule has 0 aliphatic heterocycles. The molecule has 0 radical (unpaired) electrons. The molecule has 0 saturated carbocycles. The zero-order chi connectivity index (χ0) is 24.4. The van der Waals surface area contributed by atoms with Gasteiger partial charge in [0.2, 0.25) is 5.91 Å². The molecule has 4 nitrogen and oxygen atoms in total. The number of fused-ring (bicyclic) bond motifs is 2. The number of aliphatic carboxylic acids is 1. The molecule has 1 amide bonds. The van der Waals surface area contributed by atoms with Gasteiger partial charge in [0.05, 0.1) is 0 Å². The van der Waals surface area contributed by atoms with Crippen molar-refractivity contribution < 1.29 is 14.7 Å². The number of hydrogen-bond acceptors (Lipinski definition) is 3. The second-order valence-electron chi connectivity index (χ2n) is 8.89. The van der Waals surface area contributed by atoms with E-state index in [1.165, 1.54) is 5.39 Å². The van der Waals surface area contributed by atoms with Crippen molar-refractivity contribution in [2.24, 2.45) is 0 Å². The molecule has 1 atom stereocenters. The van der Waals surface area contributed by atoms with E-state index in [0.29, 0.717) is 10.8 Å². The van der Waals surface area contributed by atoms with Gasteiger partial charge in [-0.25, -0.2) is 4.79 Å². The number of halogens is 1. The van der Waals surface area contributed by atoms with Gasteiger partial charge in [0, 0.05) is 34.9 Å². The Morgan fingerprint density at radius 3 is 2.34 bits per heavy atom. The van der Waals surface area contributed by atoms with Crippen LogP contribution in [0.3, 0.4) is 0 Å². The van der Waals surface area contributed by atoms with E-state index in [2.05, 4.69) is 35.6 Å². The van der Waals surface area contributed by atoms with Crippen LogP contribution in [0.1, 0.15) is 17.5 Å². The lowest BCUT2D eigenvalue weighted by molar-refractivity contribution is -0.147. The molecule has 0 aromatic heterocycles. The summed E-state index contributed by atoms with van der Waals surface area (Å²) in [6, 6.07) is 27.9. The summed E-state index contributed by atoms with van der Waals surface area (Å²) in [4.78, 5) is 26.2. The Bertz CT molecular complexity index is 1420. The van der Waals surface area contributed by atoms with Crippen molar-refractivity contribution in [3.05, 3.63) is 101 Å². The van der Waals surface area contributed by atoms with Crippen molar-refractivity contribution >= 4 is 46.0 Å². The monoisotopic (exact) mass is 501 g/mol. The molecule has 4 aromatic rings. The van der Waals surface area contributed by atoms with Crippen molar-refractivity contribution in [3.8, 4) is 11.1 Å². The Morgan fingerprint density at radius 2 is 1.57 bits per heavy atom. The molecule has 1 aliphatic carbocycles. The standard InChI is InChI=1S/C29H24ClNO3S/c30-25-10-7-20(8-11-25)22-5-6-23-17-29(28(33)34,18-24(23)15-22)31-27(32)13-14-35-26-12-9-19-3-1-2-4-21(19)16-26/h1-12,15-16H,13-14,17-18H2,(H,31,32)(H,33,34). The predicted molar refractivity (Wildman–Crippen MR) is 142 cm³/mol. The first-order chi connectivity index (χ1) is 16.9. The Hall–Kier alpha value is -3.28. The number of carboxylic acids is 1. The number of amides is 1. The van der Waals surface area contributed by atoms with Crippen LogP contribution >= 0.6 is 23.4 Å². The zero-order valence-corrected chi connectivity index (χ0v) is 20.5. The Kier molecular flexibility index (Phi) is 6.54. The Balaban J connectivity index is 1.24. The minimum atomic E-state index is -1.31. The second kappa shape index (κ2) is 9.76. The van der Waals surface area contributed by atoms with E-state index in [9.17, 15) is 14.7 Å².